The lowest BCUT2D eigenvalue weighted by Gasteiger charge is -2.06. The number of rotatable bonds is 3. The van der Waals surface area contributed by atoms with E-state index in [9.17, 15) is 4.79 Å². The van der Waals surface area contributed by atoms with E-state index in [1.807, 2.05) is 50.2 Å². The van der Waals surface area contributed by atoms with Crippen LogP contribution in [-0.4, -0.2) is 15.8 Å². The molecule has 0 fully saturated rings. The number of amides is 2. The van der Waals surface area contributed by atoms with Crippen molar-refractivity contribution < 1.29 is 4.79 Å². The number of hydrogen-bond acceptors (Lipinski definition) is 2. The van der Waals surface area contributed by atoms with E-state index in [4.69, 9.17) is 5.73 Å². The molecule has 1 aromatic carbocycles. The van der Waals surface area contributed by atoms with E-state index in [0.29, 0.717) is 5.82 Å². The van der Waals surface area contributed by atoms with Gasteiger partial charge >= 0.3 is 6.03 Å². The number of para-hydroxylation sites is 1. The largest absolute Gasteiger partial charge is 0.351 e. The minimum Gasteiger partial charge on any atom is -0.351 e. The lowest BCUT2D eigenvalue weighted by molar-refractivity contribution is 0.259. The average Bonchev–Trinajstić information content (AvgIpc) is 2.73. The lowest BCUT2D eigenvalue weighted by atomic mass is 10.1. The first-order valence-electron chi connectivity index (χ1n) is 5.80. The Morgan fingerprint density at radius 1 is 1.33 bits per heavy atom. The van der Waals surface area contributed by atoms with Crippen molar-refractivity contribution in [2.75, 3.05) is 5.32 Å². The van der Waals surface area contributed by atoms with Crippen molar-refractivity contribution in [2.24, 2.45) is 5.73 Å². The maximum atomic E-state index is 11.0. The Bertz CT molecular complexity index is 545. The number of benzene rings is 1. The van der Waals surface area contributed by atoms with Gasteiger partial charge in [0, 0.05) is 6.07 Å². The number of urea groups is 1. The van der Waals surface area contributed by atoms with Gasteiger partial charge in [0.1, 0.15) is 5.82 Å². The fraction of sp³-hybridized carbons (Fsp3) is 0.231. The van der Waals surface area contributed by atoms with Crippen molar-refractivity contribution in [1.29, 1.82) is 0 Å². The second-order valence-corrected chi connectivity index (χ2v) is 4.35. The van der Waals surface area contributed by atoms with Gasteiger partial charge in [-0.2, -0.15) is 5.10 Å². The number of nitrogens with two attached hydrogens (primary N) is 1. The van der Waals surface area contributed by atoms with Crippen LogP contribution < -0.4 is 11.1 Å². The number of carbonyl (C=O) groups excluding carboxylic acids is 1. The van der Waals surface area contributed by atoms with E-state index in [1.165, 1.54) is 0 Å². The smallest absolute Gasteiger partial charge is 0.317 e. The van der Waals surface area contributed by atoms with Gasteiger partial charge in [0.05, 0.1) is 11.4 Å². The summed E-state index contributed by atoms with van der Waals surface area (Å²) in [7, 11) is 0. The van der Waals surface area contributed by atoms with Crippen LogP contribution in [0.4, 0.5) is 10.6 Å². The number of aromatic nitrogens is 2. The van der Waals surface area contributed by atoms with Crippen molar-refractivity contribution >= 4 is 11.8 Å². The predicted molar refractivity (Wildman–Crippen MR) is 70.9 cm³/mol. The SMILES string of the molecule is CC(C)c1cc(NC(N)=O)n(-c2ccccc2)n1. The summed E-state index contributed by atoms with van der Waals surface area (Å²) >= 11 is 0. The molecule has 0 saturated heterocycles. The van der Waals surface area contributed by atoms with Gasteiger partial charge in [0.2, 0.25) is 0 Å². The van der Waals surface area contributed by atoms with Crippen LogP contribution in [0.25, 0.3) is 5.69 Å². The molecule has 2 amide bonds. The minimum atomic E-state index is -0.595. The molecule has 0 radical (unpaired) electrons. The number of nitrogens with zero attached hydrogens (tertiary/aromatic N) is 2. The van der Waals surface area contributed by atoms with E-state index in [-0.39, 0.29) is 5.92 Å². The molecule has 5 nitrogen and oxygen atoms in total. The van der Waals surface area contributed by atoms with Crippen molar-refractivity contribution in [3.63, 3.8) is 0 Å². The first-order valence-corrected chi connectivity index (χ1v) is 5.80. The number of hydrogen-bond donors (Lipinski definition) is 2. The second-order valence-electron chi connectivity index (χ2n) is 4.35. The van der Waals surface area contributed by atoms with E-state index < -0.39 is 6.03 Å². The molecule has 0 aliphatic rings. The molecule has 3 N–H and O–H groups in total. The number of primary amides is 1. The zero-order valence-electron chi connectivity index (χ0n) is 10.4. The normalized spacial score (nSPS) is 10.6. The maximum absolute atomic E-state index is 11.0. The van der Waals surface area contributed by atoms with E-state index in [0.717, 1.165) is 11.4 Å². The quantitative estimate of drug-likeness (QED) is 0.870. The Balaban J connectivity index is 2.47. The minimum absolute atomic E-state index is 0.281. The zero-order chi connectivity index (χ0) is 13.1. The van der Waals surface area contributed by atoms with Crippen LogP contribution in [-0.2, 0) is 0 Å². The molecule has 1 heterocycles. The topological polar surface area (TPSA) is 72.9 Å². The predicted octanol–water partition coefficient (Wildman–Crippen LogP) is 2.49. The monoisotopic (exact) mass is 244 g/mol. The second kappa shape index (κ2) is 4.91. The first-order chi connectivity index (χ1) is 8.58. The molecule has 0 aliphatic carbocycles. The van der Waals surface area contributed by atoms with Gasteiger partial charge in [-0.25, -0.2) is 9.48 Å². The summed E-state index contributed by atoms with van der Waals surface area (Å²) in [6.07, 6.45) is 0. The Hall–Kier alpha value is -2.30. The summed E-state index contributed by atoms with van der Waals surface area (Å²) in [5, 5.41) is 7.07. The summed E-state index contributed by atoms with van der Waals surface area (Å²) in [6.45, 7) is 4.09. The zero-order valence-corrected chi connectivity index (χ0v) is 10.4. The molecule has 2 rings (SSSR count). The van der Waals surface area contributed by atoms with E-state index in [1.54, 1.807) is 4.68 Å². The average molecular weight is 244 g/mol. The van der Waals surface area contributed by atoms with Crippen LogP contribution in [0, 0.1) is 0 Å². The van der Waals surface area contributed by atoms with Crippen molar-refractivity contribution in [2.45, 2.75) is 19.8 Å². The van der Waals surface area contributed by atoms with Gasteiger partial charge in [-0.05, 0) is 18.1 Å². The first kappa shape index (κ1) is 12.2. The molecule has 0 unspecified atom stereocenters. The van der Waals surface area contributed by atoms with Crippen LogP contribution in [0.1, 0.15) is 25.5 Å². The molecule has 0 spiro atoms. The molecule has 94 valence electrons. The molecule has 2 aromatic rings. The van der Waals surface area contributed by atoms with Gasteiger partial charge in [0.25, 0.3) is 0 Å². The molecule has 1 aromatic heterocycles. The highest BCUT2D eigenvalue weighted by atomic mass is 16.2. The molecule has 5 heteroatoms. The highest BCUT2D eigenvalue weighted by Crippen LogP contribution is 2.21. The number of anilines is 1. The van der Waals surface area contributed by atoms with Gasteiger partial charge < -0.3 is 5.73 Å². The fourth-order valence-electron chi connectivity index (χ4n) is 1.66. The Morgan fingerprint density at radius 2 is 2.00 bits per heavy atom. The molecule has 18 heavy (non-hydrogen) atoms. The van der Waals surface area contributed by atoms with Crippen molar-refractivity contribution in [3.05, 3.63) is 42.1 Å². The van der Waals surface area contributed by atoms with Crippen molar-refractivity contribution in [3.8, 4) is 5.69 Å². The Kier molecular flexibility index (Phi) is 3.32. The van der Waals surface area contributed by atoms with Crippen LogP contribution >= 0.6 is 0 Å². The summed E-state index contributed by atoms with van der Waals surface area (Å²) in [5.41, 5.74) is 6.95. The molecular formula is C13H16N4O. The fourth-order valence-corrected chi connectivity index (χ4v) is 1.66. The van der Waals surface area contributed by atoms with Gasteiger partial charge in [0.15, 0.2) is 0 Å². The molecule has 0 bridgehead atoms. The standard InChI is InChI=1S/C13H16N4O/c1-9(2)11-8-12(15-13(14)18)17(16-11)10-6-4-3-5-7-10/h3-9H,1-2H3,(H3,14,15,18). The summed E-state index contributed by atoms with van der Waals surface area (Å²) in [5.74, 6) is 0.862. The van der Waals surface area contributed by atoms with Crippen LogP contribution in [0.5, 0.6) is 0 Å². The third kappa shape index (κ3) is 2.51. The summed E-state index contributed by atoms with van der Waals surface area (Å²) in [4.78, 5) is 11.0. The van der Waals surface area contributed by atoms with Crippen molar-refractivity contribution in [1.82, 2.24) is 9.78 Å². The number of carbonyl (C=O) groups is 1. The maximum Gasteiger partial charge on any atom is 0.317 e. The molecule has 0 atom stereocenters. The molecule has 0 aliphatic heterocycles. The van der Waals surface area contributed by atoms with Gasteiger partial charge in [-0.15, -0.1) is 0 Å². The summed E-state index contributed by atoms with van der Waals surface area (Å²) < 4.78 is 1.68. The van der Waals surface area contributed by atoms with Crippen LogP contribution in [0.2, 0.25) is 0 Å². The van der Waals surface area contributed by atoms with Crippen LogP contribution in [0.15, 0.2) is 36.4 Å². The van der Waals surface area contributed by atoms with E-state index >= 15 is 0 Å². The highest BCUT2D eigenvalue weighted by Gasteiger charge is 2.12. The number of nitrogens with one attached hydrogen (secondary N) is 1. The third-order valence-electron chi connectivity index (χ3n) is 2.57. The highest BCUT2D eigenvalue weighted by molar-refractivity contribution is 5.87. The molecular weight excluding hydrogens is 228 g/mol. The Morgan fingerprint density at radius 3 is 2.56 bits per heavy atom. The van der Waals surface area contributed by atoms with Gasteiger partial charge in [-0.1, -0.05) is 32.0 Å². The third-order valence-corrected chi connectivity index (χ3v) is 2.57. The summed E-state index contributed by atoms with van der Waals surface area (Å²) in [6, 6.07) is 10.8. The Labute approximate surface area is 106 Å². The van der Waals surface area contributed by atoms with E-state index in [2.05, 4.69) is 10.4 Å². The van der Waals surface area contributed by atoms with Gasteiger partial charge in [-0.3, -0.25) is 5.32 Å². The van der Waals surface area contributed by atoms with Crippen LogP contribution in [0.3, 0.4) is 0 Å². The lowest BCUT2D eigenvalue weighted by Crippen LogP contribution is -2.21. The molecule has 0 saturated carbocycles.